The second kappa shape index (κ2) is 6.38. The highest BCUT2D eigenvalue weighted by atomic mass is 32.2. The second-order valence-corrected chi connectivity index (χ2v) is 8.10. The molecule has 1 aliphatic rings. The lowest BCUT2D eigenvalue weighted by molar-refractivity contribution is 0.0717. The molecule has 3 heterocycles. The lowest BCUT2D eigenvalue weighted by Gasteiger charge is -2.23. The van der Waals surface area contributed by atoms with E-state index in [1.54, 1.807) is 22.0 Å². The summed E-state index contributed by atoms with van der Waals surface area (Å²) in [6, 6.07) is 1.87. The van der Waals surface area contributed by atoms with Gasteiger partial charge in [-0.2, -0.15) is 5.10 Å². The molecule has 0 saturated carbocycles. The number of carbonyl (C=O) groups is 1. The van der Waals surface area contributed by atoms with Crippen molar-refractivity contribution < 1.29 is 13.2 Å². The quantitative estimate of drug-likeness (QED) is 0.843. The number of hydrogen-bond acceptors (Lipinski definition) is 6. The molecule has 1 N–H and O–H groups in total. The Balaban J connectivity index is 1.81. The highest BCUT2D eigenvalue weighted by molar-refractivity contribution is 7.88. The Labute approximate surface area is 138 Å². The van der Waals surface area contributed by atoms with E-state index in [1.807, 2.05) is 10.7 Å². The van der Waals surface area contributed by atoms with Crippen molar-refractivity contribution in [3.05, 3.63) is 34.5 Å². The van der Waals surface area contributed by atoms with E-state index in [1.165, 1.54) is 11.3 Å². The molecule has 2 aromatic rings. The summed E-state index contributed by atoms with van der Waals surface area (Å²) in [4.78, 5) is 18.4. The topological polar surface area (TPSA) is 97.2 Å². The van der Waals surface area contributed by atoms with Gasteiger partial charge in [0, 0.05) is 37.1 Å². The van der Waals surface area contributed by atoms with E-state index in [0.717, 1.165) is 11.9 Å². The summed E-state index contributed by atoms with van der Waals surface area (Å²) in [7, 11) is -3.27. The minimum Gasteiger partial charge on any atom is -0.331 e. The molecule has 23 heavy (non-hydrogen) atoms. The molecule has 0 saturated heterocycles. The van der Waals surface area contributed by atoms with Crippen LogP contribution in [0.5, 0.6) is 0 Å². The van der Waals surface area contributed by atoms with Gasteiger partial charge in [-0.15, -0.1) is 11.3 Å². The average Bonchev–Trinajstić information content (AvgIpc) is 3.12. The third-order valence-corrected chi connectivity index (χ3v) is 4.92. The molecule has 0 aliphatic carbocycles. The van der Waals surface area contributed by atoms with Gasteiger partial charge in [0.25, 0.3) is 5.91 Å². The maximum absolute atomic E-state index is 12.6. The number of nitrogens with one attached hydrogen (secondary N) is 1. The zero-order chi connectivity index (χ0) is 16.4. The highest BCUT2D eigenvalue weighted by Crippen LogP contribution is 2.18. The summed E-state index contributed by atoms with van der Waals surface area (Å²) < 4.78 is 27.0. The van der Waals surface area contributed by atoms with Gasteiger partial charge in [0.05, 0.1) is 24.0 Å². The first-order chi connectivity index (χ1) is 10.9. The van der Waals surface area contributed by atoms with Gasteiger partial charge in [0.2, 0.25) is 10.0 Å². The number of hydrogen-bond donors (Lipinski definition) is 1. The van der Waals surface area contributed by atoms with Crippen LogP contribution >= 0.6 is 11.3 Å². The number of amides is 1. The molecule has 0 bridgehead atoms. The second-order valence-electron chi connectivity index (χ2n) is 5.55. The standard InChI is InChI=1S/C13H17N5O3S2/c1-23(20,21)16-4-10-5-17(13(19)12-8-22-9-14-12)7-11-2-3-15-18(11)6-10/h2-3,8-10,16H,4-7H2,1H3. The first-order valence-electron chi connectivity index (χ1n) is 7.05. The van der Waals surface area contributed by atoms with Crippen LogP contribution in [0, 0.1) is 5.92 Å². The third kappa shape index (κ3) is 3.95. The van der Waals surface area contributed by atoms with Gasteiger partial charge in [0.1, 0.15) is 5.69 Å². The Morgan fingerprint density at radius 3 is 3.00 bits per heavy atom. The molecule has 3 rings (SSSR count). The first-order valence-corrected chi connectivity index (χ1v) is 9.88. The van der Waals surface area contributed by atoms with Crippen molar-refractivity contribution in [2.75, 3.05) is 19.3 Å². The molecule has 8 nitrogen and oxygen atoms in total. The van der Waals surface area contributed by atoms with Crippen LogP contribution in [-0.4, -0.2) is 53.3 Å². The molecule has 1 atom stereocenters. The Hall–Kier alpha value is -1.78. The van der Waals surface area contributed by atoms with Gasteiger partial charge >= 0.3 is 0 Å². The Morgan fingerprint density at radius 2 is 2.30 bits per heavy atom. The molecule has 0 fully saturated rings. The summed E-state index contributed by atoms with van der Waals surface area (Å²) in [5.41, 5.74) is 2.96. The first kappa shape index (κ1) is 16.1. The van der Waals surface area contributed by atoms with Crippen molar-refractivity contribution in [3.8, 4) is 0 Å². The zero-order valence-corrected chi connectivity index (χ0v) is 14.2. The smallest absolute Gasteiger partial charge is 0.273 e. The molecule has 0 radical (unpaired) electrons. The summed E-state index contributed by atoms with van der Waals surface area (Å²) in [6.07, 6.45) is 2.81. The minimum absolute atomic E-state index is 0.0616. The van der Waals surface area contributed by atoms with Crippen molar-refractivity contribution in [3.63, 3.8) is 0 Å². The predicted molar refractivity (Wildman–Crippen MR) is 85.4 cm³/mol. The highest BCUT2D eigenvalue weighted by Gasteiger charge is 2.27. The fourth-order valence-corrected chi connectivity index (χ4v) is 3.63. The number of rotatable bonds is 4. The van der Waals surface area contributed by atoms with Crippen LogP contribution in [0.3, 0.4) is 0 Å². The van der Waals surface area contributed by atoms with Crippen molar-refractivity contribution in [1.82, 2.24) is 24.4 Å². The number of carbonyl (C=O) groups excluding carboxylic acids is 1. The number of aromatic nitrogens is 3. The molecule has 1 unspecified atom stereocenters. The third-order valence-electron chi connectivity index (χ3n) is 3.64. The number of sulfonamides is 1. The van der Waals surface area contributed by atoms with Crippen LogP contribution < -0.4 is 4.72 Å². The Bertz CT molecular complexity index is 784. The van der Waals surface area contributed by atoms with Gasteiger partial charge in [0.15, 0.2) is 0 Å². The van der Waals surface area contributed by atoms with Crippen LogP contribution in [-0.2, 0) is 23.1 Å². The van der Waals surface area contributed by atoms with Crippen LogP contribution in [0.1, 0.15) is 16.2 Å². The van der Waals surface area contributed by atoms with E-state index in [0.29, 0.717) is 25.3 Å². The maximum Gasteiger partial charge on any atom is 0.273 e. The molecule has 0 spiro atoms. The number of nitrogens with zero attached hydrogens (tertiary/aromatic N) is 4. The fourth-order valence-electron chi connectivity index (χ4n) is 2.57. The van der Waals surface area contributed by atoms with Gasteiger partial charge < -0.3 is 4.90 Å². The van der Waals surface area contributed by atoms with Crippen LogP contribution in [0.4, 0.5) is 0 Å². The molecule has 10 heteroatoms. The van der Waals surface area contributed by atoms with Crippen LogP contribution in [0.2, 0.25) is 0 Å². The lowest BCUT2D eigenvalue weighted by Crippen LogP contribution is -2.38. The van der Waals surface area contributed by atoms with E-state index >= 15 is 0 Å². The molecule has 1 aliphatic heterocycles. The van der Waals surface area contributed by atoms with E-state index in [2.05, 4.69) is 14.8 Å². The molecular weight excluding hydrogens is 338 g/mol. The molecule has 0 aromatic carbocycles. The summed E-state index contributed by atoms with van der Waals surface area (Å²) in [5.74, 6) is -0.210. The molecule has 1 amide bonds. The van der Waals surface area contributed by atoms with Gasteiger partial charge in [-0.3, -0.25) is 9.48 Å². The largest absolute Gasteiger partial charge is 0.331 e. The Kier molecular flexibility index (Phi) is 4.46. The van der Waals surface area contributed by atoms with E-state index in [9.17, 15) is 13.2 Å². The normalized spacial score (nSPS) is 18.5. The maximum atomic E-state index is 12.6. The van der Waals surface area contributed by atoms with E-state index in [4.69, 9.17) is 0 Å². The van der Waals surface area contributed by atoms with Crippen molar-refractivity contribution in [1.29, 1.82) is 0 Å². The van der Waals surface area contributed by atoms with Gasteiger partial charge in [-0.05, 0) is 6.07 Å². The fraction of sp³-hybridized carbons (Fsp3) is 0.462. The molecule has 124 valence electrons. The molecule has 2 aromatic heterocycles. The van der Waals surface area contributed by atoms with Crippen molar-refractivity contribution in [2.24, 2.45) is 5.92 Å². The number of thiazole rings is 1. The SMILES string of the molecule is CS(=O)(=O)NCC1CN(C(=O)c2cscn2)Cc2ccnn2C1. The predicted octanol–water partition coefficient (Wildman–Crippen LogP) is 0.161. The van der Waals surface area contributed by atoms with Crippen LogP contribution in [0.25, 0.3) is 0 Å². The van der Waals surface area contributed by atoms with Gasteiger partial charge in [-0.1, -0.05) is 0 Å². The van der Waals surface area contributed by atoms with E-state index in [-0.39, 0.29) is 18.4 Å². The summed E-state index contributed by atoms with van der Waals surface area (Å²) in [6.45, 7) is 1.71. The van der Waals surface area contributed by atoms with Crippen LogP contribution in [0.15, 0.2) is 23.2 Å². The average molecular weight is 355 g/mol. The van der Waals surface area contributed by atoms with Crippen molar-refractivity contribution >= 4 is 27.3 Å². The van der Waals surface area contributed by atoms with E-state index < -0.39 is 10.0 Å². The zero-order valence-electron chi connectivity index (χ0n) is 12.5. The monoisotopic (exact) mass is 355 g/mol. The lowest BCUT2D eigenvalue weighted by atomic mass is 10.1. The minimum atomic E-state index is -3.27. The van der Waals surface area contributed by atoms with Gasteiger partial charge in [-0.25, -0.2) is 18.1 Å². The number of fused-ring (bicyclic) bond motifs is 1. The van der Waals surface area contributed by atoms with Crippen molar-refractivity contribution in [2.45, 2.75) is 13.1 Å². The summed E-state index contributed by atoms with van der Waals surface area (Å²) in [5, 5.41) is 5.97. The molecular formula is C13H17N5O3S2. The summed E-state index contributed by atoms with van der Waals surface area (Å²) >= 11 is 1.37. The Morgan fingerprint density at radius 1 is 1.48 bits per heavy atom.